The van der Waals surface area contributed by atoms with Crippen molar-refractivity contribution in [1.82, 2.24) is 4.90 Å². The molecule has 1 heterocycles. The van der Waals surface area contributed by atoms with E-state index in [1.54, 1.807) is 29.2 Å². The van der Waals surface area contributed by atoms with Crippen LogP contribution in [0, 0.1) is 13.8 Å². The number of ether oxygens (including phenoxy) is 1. The summed E-state index contributed by atoms with van der Waals surface area (Å²) >= 11 is 0. The van der Waals surface area contributed by atoms with Gasteiger partial charge in [0.2, 0.25) is 0 Å². The molecular formula is C19H21NO3. The molecule has 2 aromatic rings. The van der Waals surface area contributed by atoms with E-state index in [0.29, 0.717) is 18.7 Å². The van der Waals surface area contributed by atoms with Gasteiger partial charge in [0.05, 0.1) is 19.7 Å². The predicted octanol–water partition coefficient (Wildman–Crippen LogP) is 2.70. The number of hydrogen-bond acceptors (Lipinski definition) is 3. The number of aryl methyl sites for hydroxylation is 2. The van der Waals surface area contributed by atoms with Crippen molar-refractivity contribution in [3.63, 3.8) is 0 Å². The van der Waals surface area contributed by atoms with E-state index >= 15 is 0 Å². The number of rotatable bonds is 4. The molecule has 1 fully saturated rings. The summed E-state index contributed by atoms with van der Waals surface area (Å²) in [6, 6.07) is 13.2. The summed E-state index contributed by atoms with van der Waals surface area (Å²) in [5.74, 6) is 0.938. The van der Waals surface area contributed by atoms with Gasteiger partial charge in [0.1, 0.15) is 11.9 Å². The normalized spacial score (nSPS) is 14.5. The van der Waals surface area contributed by atoms with Crippen LogP contribution in [-0.2, 0) is 6.61 Å². The number of likely N-dealkylation sites (tertiary alicyclic amines) is 1. The van der Waals surface area contributed by atoms with Gasteiger partial charge in [-0.1, -0.05) is 30.3 Å². The highest BCUT2D eigenvalue weighted by Gasteiger charge is 2.33. The standard InChI is InChI=1S/C19H21NO3/c1-13-4-3-5-14(2)18(13)23-17-10-20(11-17)19(22)16-8-6-15(12-21)7-9-16/h3-9,17,21H,10-12H2,1-2H3. The predicted molar refractivity (Wildman–Crippen MR) is 88.6 cm³/mol. The third kappa shape index (κ3) is 3.22. The summed E-state index contributed by atoms with van der Waals surface area (Å²) < 4.78 is 6.04. The van der Waals surface area contributed by atoms with Gasteiger partial charge >= 0.3 is 0 Å². The molecule has 1 N–H and O–H groups in total. The smallest absolute Gasteiger partial charge is 0.254 e. The zero-order valence-corrected chi connectivity index (χ0v) is 13.5. The van der Waals surface area contributed by atoms with Crippen molar-refractivity contribution in [2.24, 2.45) is 0 Å². The Bertz CT molecular complexity index is 683. The molecule has 1 aliphatic heterocycles. The number of aliphatic hydroxyl groups is 1. The molecule has 4 heteroatoms. The third-order valence-corrected chi connectivity index (χ3v) is 4.21. The lowest BCUT2D eigenvalue weighted by atomic mass is 10.1. The Labute approximate surface area is 136 Å². The van der Waals surface area contributed by atoms with Crippen LogP contribution in [0.5, 0.6) is 5.75 Å². The molecule has 1 saturated heterocycles. The van der Waals surface area contributed by atoms with Crippen molar-refractivity contribution in [2.45, 2.75) is 26.6 Å². The van der Waals surface area contributed by atoms with Gasteiger partial charge in [-0.15, -0.1) is 0 Å². The molecule has 120 valence electrons. The van der Waals surface area contributed by atoms with Crippen LogP contribution in [0.25, 0.3) is 0 Å². The molecular weight excluding hydrogens is 290 g/mol. The second kappa shape index (κ2) is 6.42. The third-order valence-electron chi connectivity index (χ3n) is 4.21. The van der Waals surface area contributed by atoms with E-state index < -0.39 is 0 Å². The fourth-order valence-corrected chi connectivity index (χ4v) is 2.77. The fourth-order valence-electron chi connectivity index (χ4n) is 2.77. The van der Waals surface area contributed by atoms with Crippen molar-refractivity contribution >= 4 is 5.91 Å². The number of carbonyl (C=O) groups is 1. The fraction of sp³-hybridized carbons (Fsp3) is 0.316. The number of carbonyl (C=O) groups excluding carboxylic acids is 1. The van der Waals surface area contributed by atoms with Crippen molar-refractivity contribution in [1.29, 1.82) is 0 Å². The second-order valence-electron chi connectivity index (χ2n) is 6.03. The summed E-state index contributed by atoms with van der Waals surface area (Å²) in [6.45, 7) is 5.27. The van der Waals surface area contributed by atoms with Crippen LogP contribution in [0.15, 0.2) is 42.5 Å². The van der Waals surface area contributed by atoms with E-state index in [9.17, 15) is 4.79 Å². The number of aliphatic hydroxyl groups excluding tert-OH is 1. The number of nitrogens with zero attached hydrogens (tertiary/aromatic N) is 1. The minimum atomic E-state index is -0.0100. The Balaban J connectivity index is 1.59. The van der Waals surface area contributed by atoms with Crippen LogP contribution in [0.4, 0.5) is 0 Å². The number of hydrogen-bond donors (Lipinski definition) is 1. The lowest BCUT2D eigenvalue weighted by Crippen LogP contribution is -2.56. The first-order valence-electron chi connectivity index (χ1n) is 7.80. The largest absolute Gasteiger partial charge is 0.486 e. The average Bonchev–Trinajstić information content (AvgIpc) is 2.52. The summed E-state index contributed by atoms with van der Waals surface area (Å²) in [6.07, 6.45) is 0.0514. The van der Waals surface area contributed by atoms with Gasteiger partial charge in [0, 0.05) is 5.56 Å². The quantitative estimate of drug-likeness (QED) is 0.944. The molecule has 0 atom stereocenters. The van der Waals surface area contributed by atoms with E-state index in [0.717, 1.165) is 22.4 Å². The van der Waals surface area contributed by atoms with E-state index in [2.05, 4.69) is 0 Å². The summed E-state index contributed by atoms with van der Waals surface area (Å²) in [7, 11) is 0. The zero-order chi connectivity index (χ0) is 16.4. The van der Waals surface area contributed by atoms with Gasteiger partial charge < -0.3 is 14.7 Å². The van der Waals surface area contributed by atoms with Gasteiger partial charge in [-0.2, -0.15) is 0 Å². The highest BCUT2D eigenvalue weighted by molar-refractivity contribution is 5.94. The minimum Gasteiger partial charge on any atom is -0.486 e. The monoisotopic (exact) mass is 311 g/mol. The molecule has 0 bridgehead atoms. The van der Waals surface area contributed by atoms with Crippen LogP contribution in [0.2, 0.25) is 0 Å². The summed E-state index contributed by atoms with van der Waals surface area (Å²) in [4.78, 5) is 14.2. The highest BCUT2D eigenvalue weighted by atomic mass is 16.5. The van der Waals surface area contributed by atoms with Gasteiger partial charge in [0.15, 0.2) is 0 Å². The molecule has 2 aromatic carbocycles. The van der Waals surface area contributed by atoms with E-state index in [1.807, 2.05) is 32.0 Å². The van der Waals surface area contributed by atoms with Gasteiger partial charge in [-0.25, -0.2) is 0 Å². The van der Waals surface area contributed by atoms with Gasteiger partial charge in [-0.3, -0.25) is 4.79 Å². The lowest BCUT2D eigenvalue weighted by molar-refractivity contribution is 0.0173. The Kier molecular flexibility index (Phi) is 4.35. The average molecular weight is 311 g/mol. The topological polar surface area (TPSA) is 49.8 Å². The highest BCUT2D eigenvalue weighted by Crippen LogP contribution is 2.26. The van der Waals surface area contributed by atoms with Gasteiger partial charge in [-0.05, 0) is 42.7 Å². The molecule has 4 nitrogen and oxygen atoms in total. The Morgan fingerprint density at radius 3 is 2.30 bits per heavy atom. The molecule has 0 spiro atoms. The first kappa shape index (κ1) is 15.6. The molecule has 23 heavy (non-hydrogen) atoms. The van der Waals surface area contributed by atoms with E-state index in [1.165, 1.54) is 0 Å². The zero-order valence-electron chi connectivity index (χ0n) is 13.5. The maximum absolute atomic E-state index is 12.4. The minimum absolute atomic E-state index is 0.0100. The number of amides is 1. The maximum atomic E-state index is 12.4. The van der Waals surface area contributed by atoms with Crippen LogP contribution < -0.4 is 4.74 Å². The Morgan fingerprint density at radius 2 is 1.74 bits per heavy atom. The van der Waals surface area contributed by atoms with E-state index in [-0.39, 0.29) is 18.6 Å². The molecule has 0 radical (unpaired) electrons. The van der Waals surface area contributed by atoms with Crippen LogP contribution >= 0.6 is 0 Å². The maximum Gasteiger partial charge on any atom is 0.254 e. The Hall–Kier alpha value is -2.33. The molecule has 0 aliphatic carbocycles. The molecule has 3 rings (SSSR count). The molecule has 0 unspecified atom stereocenters. The SMILES string of the molecule is Cc1cccc(C)c1OC1CN(C(=O)c2ccc(CO)cc2)C1. The van der Waals surface area contributed by atoms with Crippen molar-refractivity contribution in [3.8, 4) is 5.75 Å². The molecule has 0 aromatic heterocycles. The van der Waals surface area contributed by atoms with Crippen LogP contribution in [0.3, 0.4) is 0 Å². The first-order valence-corrected chi connectivity index (χ1v) is 7.80. The second-order valence-corrected chi connectivity index (χ2v) is 6.03. The summed E-state index contributed by atoms with van der Waals surface area (Å²) in [5.41, 5.74) is 3.69. The van der Waals surface area contributed by atoms with Crippen molar-refractivity contribution < 1.29 is 14.6 Å². The molecule has 1 aliphatic rings. The number of benzene rings is 2. The number of para-hydroxylation sites is 1. The van der Waals surface area contributed by atoms with Crippen molar-refractivity contribution in [3.05, 3.63) is 64.7 Å². The first-order chi connectivity index (χ1) is 11.1. The van der Waals surface area contributed by atoms with E-state index in [4.69, 9.17) is 9.84 Å². The molecule has 1 amide bonds. The van der Waals surface area contributed by atoms with Gasteiger partial charge in [0.25, 0.3) is 5.91 Å². The van der Waals surface area contributed by atoms with Crippen LogP contribution in [0.1, 0.15) is 27.0 Å². The van der Waals surface area contributed by atoms with Crippen molar-refractivity contribution in [2.75, 3.05) is 13.1 Å². The lowest BCUT2D eigenvalue weighted by Gasteiger charge is -2.39. The summed E-state index contributed by atoms with van der Waals surface area (Å²) in [5, 5.41) is 9.04. The van der Waals surface area contributed by atoms with Crippen LogP contribution in [-0.4, -0.2) is 35.1 Å². The Morgan fingerprint density at radius 1 is 1.13 bits per heavy atom. The molecule has 0 saturated carbocycles.